The molecule has 0 radical (unpaired) electrons. The van der Waals surface area contributed by atoms with Gasteiger partial charge in [-0.1, -0.05) is 36.9 Å². The summed E-state index contributed by atoms with van der Waals surface area (Å²) >= 11 is 0. The molecule has 13 heavy (non-hydrogen) atoms. The van der Waals surface area contributed by atoms with Crippen LogP contribution in [0.5, 0.6) is 0 Å². The summed E-state index contributed by atoms with van der Waals surface area (Å²) in [6.45, 7) is 3.92. The van der Waals surface area contributed by atoms with Crippen LogP contribution in [0.1, 0.15) is 12.0 Å². The van der Waals surface area contributed by atoms with Crippen LogP contribution in [0.15, 0.2) is 47.7 Å². The Morgan fingerprint density at radius 3 is 2.54 bits per heavy atom. The summed E-state index contributed by atoms with van der Waals surface area (Å²) in [5, 5.41) is 6.23. The molecule has 0 saturated heterocycles. The molecule has 0 fully saturated rings. The molecule has 2 heteroatoms. The molecule has 0 saturated carbocycles. The average Bonchev–Trinajstić information content (AvgIpc) is 2.49. The van der Waals surface area contributed by atoms with Crippen molar-refractivity contribution in [2.45, 2.75) is 6.42 Å². The highest BCUT2D eigenvalue weighted by molar-refractivity contribution is 6.02. The maximum atomic E-state index is 4.39. The van der Waals surface area contributed by atoms with E-state index in [-0.39, 0.29) is 0 Å². The van der Waals surface area contributed by atoms with Gasteiger partial charge < -0.3 is 0 Å². The van der Waals surface area contributed by atoms with Gasteiger partial charge in [-0.15, -0.1) is 0 Å². The third-order valence-electron chi connectivity index (χ3n) is 2.21. The quantitative estimate of drug-likeness (QED) is 0.634. The Morgan fingerprint density at radius 1 is 1.31 bits per heavy atom. The number of hydrogen-bond donors (Lipinski definition) is 0. The summed E-state index contributed by atoms with van der Waals surface area (Å²) in [6.07, 6.45) is 0.862. The first-order chi connectivity index (χ1) is 6.27. The van der Waals surface area contributed by atoms with Gasteiger partial charge in [0.25, 0.3) is 0 Å². The van der Waals surface area contributed by atoms with Gasteiger partial charge in [0.05, 0.1) is 5.71 Å². The zero-order chi connectivity index (χ0) is 9.26. The van der Waals surface area contributed by atoms with Crippen molar-refractivity contribution < 1.29 is 0 Å². The number of nitrogens with zero attached hydrogens (tertiary/aromatic N) is 2. The van der Waals surface area contributed by atoms with E-state index in [1.54, 1.807) is 0 Å². The summed E-state index contributed by atoms with van der Waals surface area (Å²) in [4.78, 5) is 0. The van der Waals surface area contributed by atoms with E-state index < -0.39 is 0 Å². The first kappa shape index (κ1) is 8.05. The Morgan fingerprint density at radius 2 is 2.00 bits per heavy atom. The van der Waals surface area contributed by atoms with E-state index in [2.05, 4.69) is 23.8 Å². The van der Waals surface area contributed by atoms with Gasteiger partial charge in [-0.2, -0.15) is 5.10 Å². The minimum Gasteiger partial charge on any atom is -0.273 e. The lowest BCUT2D eigenvalue weighted by atomic mass is 10.1. The summed E-state index contributed by atoms with van der Waals surface area (Å²) in [5.41, 5.74) is 3.35. The largest absolute Gasteiger partial charge is 0.273 e. The van der Waals surface area contributed by atoms with Gasteiger partial charge in [0, 0.05) is 19.2 Å². The smallest absolute Gasteiger partial charge is 0.0740 e. The highest BCUT2D eigenvalue weighted by Gasteiger charge is 2.15. The molecular weight excluding hydrogens is 160 g/mol. The van der Waals surface area contributed by atoms with Crippen LogP contribution in [0, 0.1) is 0 Å². The molecule has 66 valence electrons. The van der Waals surface area contributed by atoms with Crippen LogP contribution in [0.4, 0.5) is 0 Å². The fourth-order valence-electron chi connectivity index (χ4n) is 1.39. The molecule has 2 rings (SSSR count). The summed E-state index contributed by atoms with van der Waals surface area (Å²) in [6, 6.07) is 10.2. The fraction of sp³-hybridized carbons (Fsp3) is 0.182. The van der Waals surface area contributed by atoms with Crippen molar-refractivity contribution in [1.29, 1.82) is 0 Å². The number of hydrazone groups is 1. The molecule has 2 nitrogen and oxygen atoms in total. The van der Waals surface area contributed by atoms with E-state index in [0.29, 0.717) is 0 Å². The predicted molar refractivity (Wildman–Crippen MR) is 54.5 cm³/mol. The Labute approximate surface area is 78.2 Å². The highest BCUT2D eigenvalue weighted by Crippen LogP contribution is 2.19. The zero-order valence-electron chi connectivity index (χ0n) is 7.70. The lowest BCUT2D eigenvalue weighted by Crippen LogP contribution is -2.01. The van der Waals surface area contributed by atoms with Crippen molar-refractivity contribution in [1.82, 2.24) is 5.01 Å². The van der Waals surface area contributed by atoms with E-state index in [9.17, 15) is 0 Å². The predicted octanol–water partition coefficient (Wildman–Crippen LogP) is 2.24. The van der Waals surface area contributed by atoms with Gasteiger partial charge in [0.15, 0.2) is 0 Å². The van der Waals surface area contributed by atoms with Crippen LogP contribution in [0.2, 0.25) is 0 Å². The number of benzene rings is 1. The van der Waals surface area contributed by atoms with Gasteiger partial charge in [0.2, 0.25) is 0 Å². The van der Waals surface area contributed by atoms with Crippen molar-refractivity contribution in [3.63, 3.8) is 0 Å². The number of allylic oxidation sites excluding steroid dienone is 1. The topological polar surface area (TPSA) is 15.6 Å². The molecule has 0 aliphatic carbocycles. The SMILES string of the molecule is C=C1CC(c2ccccc2)=NN1C. The van der Waals surface area contributed by atoms with E-state index in [1.807, 2.05) is 30.3 Å². The van der Waals surface area contributed by atoms with E-state index in [1.165, 1.54) is 5.56 Å². The minimum absolute atomic E-state index is 0.862. The van der Waals surface area contributed by atoms with Gasteiger partial charge in [0.1, 0.15) is 0 Å². The molecule has 1 aliphatic heterocycles. The second-order valence-electron chi connectivity index (χ2n) is 3.18. The third kappa shape index (κ3) is 1.47. The van der Waals surface area contributed by atoms with Crippen molar-refractivity contribution in [2.75, 3.05) is 7.05 Å². The zero-order valence-corrected chi connectivity index (χ0v) is 7.70. The summed E-state index contributed by atoms with van der Waals surface area (Å²) in [7, 11) is 1.93. The molecule has 1 aromatic carbocycles. The number of hydrogen-bond acceptors (Lipinski definition) is 2. The second kappa shape index (κ2) is 3.05. The molecule has 1 aromatic rings. The van der Waals surface area contributed by atoms with Gasteiger partial charge in [-0.25, -0.2) is 0 Å². The Balaban J connectivity index is 2.30. The minimum atomic E-state index is 0.862. The monoisotopic (exact) mass is 172 g/mol. The van der Waals surface area contributed by atoms with Crippen molar-refractivity contribution in [3.8, 4) is 0 Å². The average molecular weight is 172 g/mol. The van der Waals surface area contributed by atoms with Crippen LogP contribution in [-0.4, -0.2) is 17.8 Å². The normalized spacial score (nSPS) is 16.2. The van der Waals surface area contributed by atoms with E-state index >= 15 is 0 Å². The molecule has 0 N–H and O–H groups in total. The highest BCUT2D eigenvalue weighted by atomic mass is 15.5. The summed E-state index contributed by atoms with van der Waals surface area (Å²) < 4.78 is 0. The maximum absolute atomic E-state index is 4.39. The standard InChI is InChI=1S/C11H12N2/c1-9-8-11(12-13(9)2)10-6-4-3-5-7-10/h3-7H,1,8H2,2H3. The van der Waals surface area contributed by atoms with Crippen LogP contribution in [-0.2, 0) is 0 Å². The molecule has 0 aromatic heterocycles. The molecular formula is C11H12N2. The first-order valence-corrected chi connectivity index (χ1v) is 4.32. The molecule has 1 heterocycles. The van der Waals surface area contributed by atoms with Crippen molar-refractivity contribution >= 4 is 5.71 Å². The van der Waals surface area contributed by atoms with Gasteiger partial charge >= 0.3 is 0 Å². The fourth-order valence-corrected chi connectivity index (χ4v) is 1.39. The lowest BCUT2D eigenvalue weighted by molar-refractivity contribution is 0.467. The van der Waals surface area contributed by atoms with Crippen molar-refractivity contribution in [2.24, 2.45) is 5.10 Å². The molecule has 0 unspecified atom stereocenters. The second-order valence-corrected chi connectivity index (χ2v) is 3.18. The number of rotatable bonds is 1. The van der Waals surface area contributed by atoms with Crippen LogP contribution in [0.3, 0.4) is 0 Å². The van der Waals surface area contributed by atoms with Crippen LogP contribution in [0.25, 0.3) is 0 Å². The van der Waals surface area contributed by atoms with Crippen LogP contribution >= 0.6 is 0 Å². The third-order valence-corrected chi connectivity index (χ3v) is 2.21. The Hall–Kier alpha value is -1.57. The molecule has 0 amide bonds. The first-order valence-electron chi connectivity index (χ1n) is 4.32. The maximum Gasteiger partial charge on any atom is 0.0740 e. The van der Waals surface area contributed by atoms with Gasteiger partial charge in [-0.05, 0) is 5.56 Å². The summed E-state index contributed by atoms with van der Waals surface area (Å²) in [5.74, 6) is 0. The van der Waals surface area contributed by atoms with Gasteiger partial charge in [-0.3, -0.25) is 5.01 Å². The molecule has 0 bridgehead atoms. The lowest BCUT2D eigenvalue weighted by Gasteiger charge is -2.04. The van der Waals surface area contributed by atoms with Crippen molar-refractivity contribution in [3.05, 3.63) is 48.2 Å². The van der Waals surface area contributed by atoms with E-state index in [4.69, 9.17) is 0 Å². The molecule has 0 spiro atoms. The molecule has 0 atom stereocenters. The Bertz CT molecular complexity index is 352. The molecule has 1 aliphatic rings. The Kier molecular flexibility index (Phi) is 1.89. The van der Waals surface area contributed by atoms with Crippen LogP contribution < -0.4 is 0 Å². The van der Waals surface area contributed by atoms with E-state index in [0.717, 1.165) is 17.8 Å².